The molecule has 0 spiro atoms. The maximum Gasteiger partial charge on any atom is 0.271 e. The van der Waals surface area contributed by atoms with Gasteiger partial charge in [0.2, 0.25) is 0 Å². The van der Waals surface area contributed by atoms with Gasteiger partial charge in [-0.1, -0.05) is 12.8 Å². The lowest BCUT2D eigenvalue weighted by molar-refractivity contribution is 0.0932. The second kappa shape index (κ2) is 4.92. The Labute approximate surface area is 94.7 Å². The lowest BCUT2D eigenvalue weighted by atomic mass is 10.2. The van der Waals surface area contributed by atoms with Crippen LogP contribution in [0.5, 0.6) is 0 Å². The highest BCUT2D eigenvalue weighted by molar-refractivity contribution is 5.92. The molecule has 1 aromatic heterocycles. The molecule has 1 aliphatic rings. The molecule has 0 aromatic carbocycles. The molecule has 86 valence electrons. The fourth-order valence-electron chi connectivity index (χ4n) is 1.90. The van der Waals surface area contributed by atoms with E-state index in [-0.39, 0.29) is 5.91 Å². The number of carbonyl (C=O) groups is 1. The molecule has 0 bridgehead atoms. The quantitative estimate of drug-likeness (QED) is 0.803. The lowest BCUT2D eigenvalue weighted by Crippen LogP contribution is -2.33. The number of anilines is 1. The SMILES string of the molecule is CNc1cnc(C(=O)NC2CCCC2)cn1. The zero-order valence-electron chi connectivity index (χ0n) is 9.36. The summed E-state index contributed by atoms with van der Waals surface area (Å²) in [6.07, 6.45) is 7.62. The molecule has 2 N–H and O–H groups in total. The summed E-state index contributed by atoms with van der Waals surface area (Å²) in [6, 6.07) is 0.318. The normalized spacial score (nSPS) is 16.1. The van der Waals surface area contributed by atoms with Crippen LogP contribution >= 0.6 is 0 Å². The molecule has 0 saturated heterocycles. The highest BCUT2D eigenvalue weighted by atomic mass is 16.1. The molecule has 1 saturated carbocycles. The minimum atomic E-state index is -0.123. The second-order valence-corrected chi connectivity index (χ2v) is 3.99. The van der Waals surface area contributed by atoms with Crippen LogP contribution in [0.3, 0.4) is 0 Å². The van der Waals surface area contributed by atoms with E-state index in [0.717, 1.165) is 12.8 Å². The molecule has 0 unspecified atom stereocenters. The molecule has 5 heteroatoms. The third-order valence-electron chi connectivity index (χ3n) is 2.83. The van der Waals surface area contributed by atoms with Crippen molar-refractivity contribution in [3.63, 3.8) is 0 Å². The summed E-state index contributed by atoms with van der Waals surface area (Å²) in [7, 11) is 1.77. The number of nitrogens with one attached hydrogen (secondary N) is 2. The van der Waals surface area contributed by atoms with Crippen molar-refractivity contribution < 1.29 is 4.79 Å². The molecule has 0 aliphatic heterocycles. The highest BCUT2D eigenvalue weighted by Gasteiger charge is 2.18. The molecule has 0 radical (unpaired) electrons. The molecule has 5 nitrogen and oxygen atoms in total. The number of aromatic nitrogens is 2. The van der Waals surface area contributed by atoms with Crippen molar-refractivity contribution >= 4 is 11.7 Å². The second-order valence-electron chi connectivity index (χ2n) is 3.99. The van der Waals surface area contributed by atoms with Gasteiger partial charge in [0, 0.05) is 13.1 Å². The minimum Gasteiger partial charge on any atom is -0.372 e. The average Bonchev–Trinajstić information content (AvgIpc) is 2.82. The summed E-state index contributed by atoms with van der Waals surface area (Å²) in [6.45, 7) is 0. The monoisotopic (exact) mass is 220 g/mol. The third kappa shape index (κ3) is 2.48. The van der Waals surface area contributed by atoms with Crippen molar-refractivity contribution in [2.24, 2.45) is 0 Å². The predicted octanol–water partition coefficient (Wildman–Crippen LogP) is 1.19. The number of hydrogen-bond acceptors (Lipinski definition) is 4. The fraction of sp³-hybridized carbons (Fsp3) is 0.545. The van der Waals surface area contributed by atoms with Crippen LogP contribution < -0.4 is 10.6 Å². The Bertz CT molecular complexity index is 357. The van der Waals surface area contributed by atoms with Crippen molar-refractivity contribution in [2.75, 3.05) is 12.4 Å². The first kappa shape index (κ1) is 10.9. The van der Waals surface area contributed by atoms with Gasteiger partial charge in [0.15, 0.2) is 0 Å². The van der Waals surface area contributed by atoms with Gasteiger partial charge in [0.1, 0.15) is 11.5 Å². The molecule has 0 atom stereocenters. The van der Waals surface area contributed by atoms with Crippen LogP contribution in [0.4, 0.5) is 5.82 Å². The summed E-state index contributed by atoms with van der Waals surface area (Å²) >= 11 is 0. The standard InChI is InChI=1S/C11H16N4O/c1-12-10-7-13-9(6-14-10)11(16)15-8-4-2-3-5-8/h6-8H,2-5H2,1H3,(H,12,14)(H,15,16). The summed E-state index contributed by atoms with van der Waals surface area (Å²) in [4.78, 5) is 19.9. The van der Waals surface area contributed by atoms with Crippen LogP contribution in [-0.2, 0) is 0 Å². The van der Waals surface area contributed by atoms with E-state index in [1.807, 2.05) is 0 Å². The number of hydrogen-bond donors (Lipinski definition) is 2. The molecule has 1 heterocycles. The van der Waals surface area contributed by atoms with Gasteiger partial charge in [0.05, 0.1) is 12.4 Å². The van der Waals surface area contributed by atoms with Crippen LogP contribution in [0.1, 0.15) is 36.2 Å². The van der Waals surface area contributed by atoms with Crippen LogP contribution in [-0.4, -0.2) is 29.0 Å². The Morgan fingerprint density at radius 1 is 1.31 bits per heavy atom. The van der Waals surface area contributed by atoms with E-state index in [9.17, 15) is 4.79 Å². The summed E-state index contributed by atoms with van der Waals surface area (Å²) < 4.78 is 0. The van der Waals surface area contributed by atoms with Gasteiger partial charge in [0.25, 0.3) is 5.91 Å². The number of nitrogens with zero attached hydrogens (tertiary/aromatic N) is 2. The van der Waals surface area contributed by atoms with Gasteiger partial charge >= 0.3 is 0 Å². The van der Waals surface area contributed by atoms with Crippen LogP contribution in [0.25, 0.3) is 0 Å². The van der Waals surface area contributed by atoms with E-state index in [1.165, 1.54) is 19.0 Å². The van der Waals surface area contributed by atoms with E-state index < -0.39 is 0 Å². The largest absolute Gasteiger partial charge is 0.372 e. The molecule has 1 aliphatic carbocycles. The molecule has 1 fully saturated rings. The maximum atomic E-state index is 11.8. The number of amides is 1. The first-order valence-electron chi connectivity index (χ1n) is 5.60. The Morgan fingerprint density at radius 3 is 2.62 bits per heavy atom. The van der Waals surface area contributed by atoms with Crippen molar-refractivity contribution in [1.82, 2.24) is 15.3 Å². The molecular formula is C11H16N4O. The van der Waals surface area contributed by atoms with Crippen LogP contribution in [0.15, 0.2) is 12.4 Å². The van der Waals surface area contributed by atoms with Gasteiger partial charge in [-0.2, -0.15) is 0 Å². The Balaban J connectivity index is 1.97. The van der Waals surface area contributed by atoms with Gasteiger partial charge in [-0.3, -0.25) is 4.79 Å². The van der Waals surface area contributed by atoms with E-state index in [4.69, 9.17) is 0 Å². The molecule has 1 aromatic rings. The first-order valence-corrected chi connectivity index (χ1v) is 5.60. The zero-order valence-corrected chi connectivity index (χ0v) is 9.36. The molecule has 2 rings (SSSR count). The number of rotatable bonds is 3. The van der Waals surface area contributed by atoms with Crippen molar-refractivity contribution in [2.45, 2.75) is 31.7 Å². The fourth-order valence-corrected chi connectivity index (χ4v) is 1.90. The summed E-state index contributed by atoms with van der Waals surface area (Å²) in [5.74, 6) is 0.541. The summed E-state index contributed by atoms with van der Waals surface area (Å²) in [5, 5.41) is 5.83. The van der Waals surface area contributed by atoms with E-state index in [2.05, 4.69) is 20.6 Å². The smallest absolute Gasteiger partial charge is 0.271 e. The van der Waals surface area contributed by atoms with Crippen molar-refractivity contribution in [1.29, 1.82) is 0 Å². The lowest BCUT2D eigenvalue weighted by Gasteiger charge is -2.11. The van der Waals surface area contributed by atoms with Crippen molar-refractivity contribution in [3.05, 3.63) is 18.1 Å². The van der Waals surface area contributed by atoms with E-state index in [0.29, 0.717) is 17.6 Å². The third-order valence-corrected chi connectivity index (χ3v) is 2.83. The van der Waals surface area contributed by atoms with Crippen LogP contribution in [0, 0.1) is 0 Å². The Morgan fingerprint density at radius 2 is 2.06 bits per heavy atom. The van der Waals surface area contributed by atoms with E-state index in [1.54, 1.807) is 13.2 Å². The zero-order chi connectivity index (χ0) is 11.4. The number of carbonyl (C=O) groups excluding carboxylic acids is 1. The maximum absolute atomic E-state index is 11.8. The van der Waals surface area contributed by atoms with Crippen LogP contribution in [0.2, 0.25) is 0 Å². The Kier molecular flexibility index (Phi) is 3.34. The summed E-state index contributed by atoms with van der Waals surface area (Å²) in [5.41, 5.74) is 0.380. The predicted molar refractivity (Wildman–Crippen MR) is 61.3 cm³/mol. The van der Waals surface area contributed by atoms with Gasteiger partial charge < -0.3 is 10.6 Å². The van der Waals surface area contributed by atoms with Crippen molar-refractivity contribution in [3.8, 4) is 0 Å². The molecular weight excluding hydrogens is 204 g/mol. The Hall–Kier alpha value is -1.65. The van der Waals surface area contributed by atoms with E-state index >= 15 is 0 Å². The molecule has 16 heavy (non-hydrogen) atoms. The molecule has 1 amide bonds. The van der Waals surface area contributed by atoms with Gasteiger partial charge in [-0.15, -0.1) is 0 Å². The van der Waals surface area contributed by atoms with Gasteiger partial charge in [-0.25, -0.2) is 9.97 Å². The van der Waals surface area contributed by atoms with Gasteiger partial charge in [-0.05, 0) is 12.8 Å². The first-order chi connectivity index (χ1) is 7.79. The minimum absolute atomic E-state index is 0.123. The average molecular weight is 220 g/mol. The topological polar surface area (TPSA) is 66.9 Å². The highest BCUT2D eigenvalue weighted by Crippen LogP contribution is 2.17.